The molecule has 0 saturated heterocycles. The van der Waals surface area contributed by atoms with E-state index in [2.05, 4.69) is 9.72 Å². The van der Waals surface area contributed by atoms with Gasteiger partial charge in [-0.05, 0) is 0 Å². The van der Waals surface area contributed by atoms with E-state index in [4.69, 9.17) is 9.15 Å². The van der Waals surface area contributed by atoms with Crippen molar-refractivity contribution in [2.45, 2.75) is 6.54 Å². The summed E-state index contributed by atoms with van der Waals surface area (Å²) >= 11 is 0. The second-order valence-electron chi connectivity index (χ2n) is 4.21. The van der Waals surface area contributed by atoms with Gasteiger partial charge in [-0.25, -0.2) is 14.6 Å². The second kappa shape index (κ2) is 7.49. The molecule has 1 aromatic heterocycles. The molecule has 8 nitrogen and oxygen atoms in total. The minimum atomic E-state index is -0.581. The topological polar surface area (TPSA) is 85.1 Å². The number of oxazole rings is 1. The van der Waals surface area contributed by atoms with E-state index in [1.165, 1.54) is 23.2 Å². The van der Waals surface area contributed by atoms with E-state index in [1.807, 2.05) is 0 Å². The predicted octanol–water partition coefficient (Wildman–Crippen LogP) is 0.591. The molecule has 0 fully saturated rings. The average Bonchev–Trinajstić information content (AvgIpc) is 2.90. The van der Waals surface area contributed by atoms with Crippen molar-refractivity contribution in [3.8, 4) is 0 Å². The molecule has 2 amide bonds. The summed E-state index contributed by atoms with van der Waals surface area (Å²) in [7, 11) is 6.12. The van der Waals surface area contributed by atoms with Crippen LogP contribution in [0.25, 0.3) is 0 Å². The SMILES string of the molecule is COCCN(Cc1nc(C(=O)OC)co1)C(=O)N(C)C. The van der Waals surface area contributed by atoms with Crippen LogP contribution in [-0.2, 0) is 16.0 Å². The van der Waals surface area contributed by atoms with Gasteiger partial charge < -0.3 is 23.7 Å². The third-order valence-electron chi connectivity index (χ3n) is 2.49. The van der Waals surface area contributed by atoms with Crippen molar-refractivity contribution in [2.24, 2.45) is 0 Å². The maximum absolute atomic E-state index is 12.0. The smallest absolute Gasteiger partial charge is 0.360 e. The van der Waals surface area contributed by atoms with Crippen molar-refractivity contribution in [3.63, 3.8) is 0 Å². The van der Waals surface area contributed by atoms with E-state index >= 15 is 0 Å². The molecule has 1 heterocycles. The molecule has 0 aliphatic carbocycles. The zero-order chi connectivity index (χ0) is 15.1. The summed E-state index contributed by atoms with van der Waals surface area (Å²) in [6.45, 7) is 0.935. The Morgan fingerprint density at radius 3 is 2.60 bits per heavy atom. The predicted molar refractivity (Wildman–Crippen MR) is 69.2 cm³/mol. The van der Waals surface area contributed by atoms with Crippen LogP contribution < -0.4 is 0 Å². The first-order valence-corrected chi connectivity index (χ1v) is 5.97. The number of hydrogen-bond donors (Lipinski definition) is 0. The minimum absolute atomic E-state index is 0.0755. The van der Waals surface area contributed by atoms with Gasteiger partial charge in [0.2, 0.25) is 5.89 Å². The summed E-state index contributed by atoms with van der Waals surface area (Å²) < 4.78 is 14.7. The number of methoxy groups -OCH3 is 2. The maximum Gasteiger partial charge on any atom is 0.360 e. The van der Waals surface area contributed by atoms with Crippen molar-refractivity contribution >= 4 is 12.0 Å². The van der Waals surface area contributed by atoms with Gasteiger partial charge in [0.15, 0.2) is 5.69 Å². The summed E-state index contributed by atoms with van der Waals surface area (Å²) in [5, 5.41) is 0. The number of rotatable bonds is 6. The standard InChI is InChI=1S/C12H19N3O5/c1-14(2)12(17)15(5-6-18-3)7-10-13-9(8-20-10)11(16)19-4/h8H,5-7H2,1-4H3. The van der Waals surface area contributed by atoms with Gasteiger partial charge in [-0.2, -0.15) is 0 Å². The molecule has 0 aromatic carbocycles. The molecule has 0 atom stereocenters. The lowest BCUT2D eigenvalue weighted by molar-refractivity contribution is 0.0594. The van der Waals surface area contributed by atoms with Crippen LogP contribution in [0.3, 0.4) is 0 Å². The molecule has 1 rings (SSSR count). The van der Waals surface area contributed by atoms with Crippen LogP contribution in [0.2, 0.25) is 0 Å². The highest BCUT2D eigenvalue weighted by Gasteiger charge is 2.19. The number of aromatic nitrogens is 1. The van der Waals surface area contributed by atoms with E-state index in [0.29, 0.717) is 13.2 Å². The Morgan fingerprint density at radius 1 is 1.35 bits per heavy atom. The summed E-state index contributed by atoms with van der Waals surface area (Å²) in [6, 6.07) is -0.195. The zero-order valence-corrected chi connectivity index (χ0v) is 12.1. The summed E-state index contributed by atoms with van der Waals surface area (Å²) in [6.07, 6.45) is 1.20. The fourth-order valence-corrected chi connectivity index (χ4v) is 1.47. The first-order valence-electron chi connectivity index (χ1n) is 5.97. The molecule has 0 bridgehead atoms. The molecule has 0 N–H and O–H groups in total. The normalized spacial score (nSPS) is 10.2. The maximum atomic E-state index is 12.0. The Kier molecular flexibility index (Phi) is 5.98. The van der Waals surface area contributed by atoms with Gasteiger partial charge >= 0.3 is 12.0 Å². The van der Waals surface area contributed by atoms with Crippen LogP contribution in [-0.4, -0.2) is 68.3 Å². The van der Waals surface area contributed by atoms with E-state index in [-0.39, 0.29) is 24.2 Å². The van der Waals surface area contributed by atoms with Crippen molar-refractivity contribution in [3.05, 3.63) is 17.8 Å². The molecule has 0 unspecified atom stereocenters. The summed E-state index contributed by atoms with van der Waals surface area (Å²) in [5.41, 5.74) is 0.0755. The number of carbonyl (C=O) groups excluding carboxylic acids is 2. The van der Waals surface area contributed by atoms with E-state index < -0.39 is 5.97 Å². The highest BCUT2D eigenvalue weighted by atomic mass is 16.5. The number of hydrogen-bond acceptors (Lipinski definition) is 6. The number of carbonyl (C=O) groups is 2. The Hall–Kier alpha value is -2.09. The van der Waals surface area contributed by atoms with Crippen molar-refractivity contribution in [2.75, 3.05) is 41.5 Å². The Bertz CT molecular complexity index is 458. The fraction of sp³-hybridized carbons (Fsp3) is 0.583. The summed E-state index contributed by atoms with van der Waals surface area (Å²) in [5.74, 6) is -0.320. The lowest BCUT2D eigenvalue weighted by atomic mass is 10.4. The number of ether oxygens (including phenoxy) is 2. The van der Waals surface area contributed by atoms with Gasteiger partial charge in [-0.1, -0.05) is 0 Å². The molecule has 1 aromatic rings. The molecule has 8 heteroatoms. The lowest BCUT2D eigenvalue weighted by Gasteiger charge is -2.24. The van der Waals surface area contributed by atoms with E-state index in [1.54, 1.807) is 21.2 Å². The first kappa shape index (κ1) is 16.0. The Balaban J connectivity index is 2.76. The minimum Gasteiger partial charge on any atom is -0.464 e. The Morgan fingerprint density at radius 2 is 2.05 bits per heavy atom. The van der Waals surface area contributed by atoms with Gasteiger partial charge in [-0.3, -0.25) is 0 Å². The average molecular weight is 285 g/mol. The zero-order valence-electron chi connectivity index (χ0n) is 12.1. The molecule has 20 heavy (non-hydrogen) atoms. The van der Waals surface area contributed by atoms with Crippen molar-refractivity contribution < 1.29 is 23.5 Å². The molecule has 0 aliphatic rings. The quantitative estimate of drug-likeness (QED) is 0.711. The third-order valence-corrected chi connectivity index (χ3v) is 2.49. The molecule has 0 radical (unpaired) electrons. The molecular weight excluding hydrogens is 266 g/mol. The molecular formula is C12H19N3O5. The first-order chi connectivity index (χ1) is 9.49. The summed E-state index contributed by atoms with van der Waals surface area (Å²) in [4.78, 5) is 30.2. The largest absolute Gasteiger partial charge is 0.464 e. The number of esters is 1. The number of amides is 2. The fourth-order valence-electron chi connectivity index (χ4n) is 1.47. The second-order valence-corrected chi connectivity index (χ2v) is 4.21. The molecule has 0 spiro atoms. The highest BCUT2D eigenvalue weighted by Crippen LogP contribution is 2.08. The van der Waals surface area contributed by atoms with E-state index in [9.17, 15) is 9.59 Å². The molecule has 112 valence electrons. The monoisotopic (exact) mass is 285 g/mol. The number of urea groups is 1. The van der Waals surface area contributed by atoms with Crippen LogP contribution in [0.4, 0.5) is 4.79 Å². The Labute approximate surface area is 117 Å². The van der Waals surface area contributed by atoms with Crippen molar-refractivity contribution in [1.29, 1.82) is 0 Å². The van der Waals surface area contributed by atoms with Gasteiger partial charge in [-0.15, -0.1) is 0 Å². The number of nitrogens with zero attached hydrogens (tertiary/aromatic N) is 3. The van der Waals surface area contributed by atoms with Crippen LogP contribution in [0, 0.1) is 0 Å². The van der Waals surface area contributed by atoms with Gasteiger partial charge in [0, 0.05) is 27.7 Å². The molecule has 0 aliphatic heterocycles. The van der Waals surface area contributed by atoms with Crippen LogP contribution in [0.15, 0.2) is 10.7 Å². The van der Waals surface area contributed by atoms with Crippen molar-refractivity contribution in [1.82, 2.24) is 14.8 Å². The van der Waals surface area contributed by atoms with Crippen LogP contribution in [0.5, 0.6) is 0 Å². The molecule has 0 saturated carbocycles. The van der Waals surface area contributed by atoms with Gasteiger partial charge in [0.05, 0.1) is 20.3 Å². The van der Waals surface area contributed by atoms with Gasteiger partial charge in [0.1, 0.15) is 6.26 Å². The van der Waals surface area contributed by atoms with Gasteiger partial charge in [0.25, 0.3) is 0 Å². The van der Waals surface area contributed by atoms with Crippen LogP contribution >= 0.6 is 0 Å². The van der Waals surface area contributed by atoms with Crippen LogP contribution in [0.1, 0.15) is 16.4 Å². The third kappa shape index (κ3) is 4.23. The lowest BCUT2D eigenvalue weighted by Crippen LogP contribution is -2.40. The highest BCUT2D eigenvalue weighted by molar-refractivity contribution is 5.86. The van der Waals surface area contributed by atoms with E-state index in [0.717, 1.165) is 0 Å².